The second-order valence-corrected chi connectivity index (χ2v) is 9.27. The van der Waals surface area contributed by atoms with Crippen LogP contribution in [0.4, 0.5) is 0 Å². The van der Waals surface area contributed by atoms with E-state index >= 15 is 0 Å². The molecule has 2 aliphatic heterocycles. The molecule has 0 radical (unpaired) electrons. The molecule has 152 valence electrons. The lowest BCUT2D eigenvalue weighted by molar-refractivity contribution is 0.0634. The molecule has 2 saturated heterocycles. The van der Waals surface area contributed by atoms with Gasteiger partial charge in [-0.25, -0.2) is 4.98 Å². The number of rotatable bonds is 4. The lowest BCUT2D eigenvalue weighted by Crippen LogP contribution is -2.42. The van der Waals surface area contributed by atoms with Crippen LogP contribution >= 0.6 is 11.3 Å². The van der Waals surface area contributed by atoms with Gasteiger partial charge in [-0.1, -0.05) is 0 Å². The summed E-state index contributed by atoms with van der Waals surface area (Å²) >= 11 is 1.72. The highest BCUT2D eigenvalue weighted by atomic mass is 32.1. The average molecular weight is 409 g/mol. The van der Waals surface area contributed by atoms with Gasteiger partial charge in [-0.15, -0.1) is 0 Å². The van der Waals surface area contributed by atoms with Gasteiger partial charge in [-0.05, 0) is 91.7 Å². The summed E-state index contributed by atoms with van der Waals surface area (Å²) in [6.07, 6.45) is 3.62. The van der Waals surface area contributed by atoms with Gasteiger partial charge in [-0.3, -0.25) is 4.79 Å². The van der Waals surface area contributed by atoms with Crippen molar-refractivity contribution in [3.63, 3.8) is 0 Å². The van der Waals surface area contributed by atoms with Crippen molar-refractivity contribution >= 4 is 28.3 Å². The van der Waals surface area contributed by atoms with Crippen molar-refractivity contribution in [2.75, 3.05) is 26.2 Å². The number of aromatic nitrogens is 2. The van der Waals surface area contributed by atoms with Crippen LogP contribution in [0.25, 0.3) is 11.0 Å². The van der Waals surface area contributed by atoms with Crippen LogP contribution in [-0.2, 0) is 6.54 Å². The summed E-state index contributed by atoms with van der Waals surface area (Å²) in [5.41, 5.74) is 4.07. The fourth-order valence-electron chi connectivity index (χ4n) is 4.99. The van der Waals surface area contributed by atoms with E-state index in [9.17, 15) is 4.79 Å². The second-order valence-electron chi connectivity index (χ2n) is 8.49. The maximum absolute atomic E-state index is 13.2. The summed E-state index contributed by atoms with van der Waals surface area (Å²) in [5.74, 6) is 2.51. The first-order valence-corrected chi connectivity index (χ1v) is 11.6. The van der Waals surface area contributed by atoms with Crippen LogP contribution in [0.15, 0.2) is 35.0 Å². The van der Waals surface area contributed by atoms with E-state index in [-0.39, 0.29) is 5.91 Å². The molecule has 5 rings (SSSR count). The molecule has 2 aromatic heterocycles. The largest absolute Gasteiger partial charge is 0.338 e. The highest BCUT2D eigenvalue weighted by molar-refractivity contribution is 7.07. The molecular weight excluding hydrogens is 380 g/mol. The highest BCUT2D eigenvalue weighted by Gasteiger charge is 2.31. The van der Waals surface area contributed by atoms with Crippen LogP contribution in [0.1, 0.15) is 41.0 Å². The minimum atomic E-state index is 0.160. The van der Waals surface area contributed by atoms with Crippen LogP contribution in [0.2, 0.25) is 0 Å². The van der Waals surface area contributed by atoms with Crippen molar-refractivity contribution < 1.29 is 4.79 Å². The van der Waals surface area contributed by atoms with Gasteiger partial charge in [-0.2, -0.15) is 11.3 Å². The molecule has 3 aromatic rings. The molecule has 0 saturated carbocycles. The van der Waals surface area contributed by atoms with E-state index in [4.69, 9.17) is 4.98 Å². The number of carbonyl (C=O) groups excluding carboxylic acids is 1. The van der Waals surface area contributed by atoms with Gasteiger partial charge < -0.3 is 14.8 Å². The molecule has 1 N–H and O–H groups in total. The van der Waals surface area contributed by atoms with Crippen molar-refractivity contribution in [3.05, 3.63) is 52.0 Å². The molecule has 2 atom stereocenters. The fraction of sp³-hybridized carbons (Fsp3) is 0.478. The number of imidazole rings is 1. The number of fused-ring (bicyclic) bond motifs is 1. The van der Waals surface area contributed by atoms with Gasteiger partial charge in [0, 0.05) is 18.7 Å². The Morgan fingerprint density at radius 1 is 1.28 bits per heavy atom. The summed E-state index contributed by atoms with van der Waals surface area (Å²) in [4.78, 5) is 20.0. The number of benzene rings is 1. The maximum Gasteiger partial charge on any atom is 0.253 e. The van der Waals surface area contributed by atoms with E-state index in [1.807, 2.05) is 19.1 Å². The number of nitrogens with zero attached hydrogens (tertiary/aromatic N) is 3. The minimum Gasteiger partial charge on any atom is -0.338 e. The molecular formula is C23H28N4OS. The molecule has 2 unspecified atom stereocenters. The first-order valence-electron chi connectivity index (χ1n) is 10.7. The van der Waals surface area contributed by atoms with Crippen molar-refractivity contribution in [1.29, 1.82) is 0 Å². The Bertz CT molecular complexity index is 1000. The quantitative estimate of drug-likeness (QED) is 0.712. The molecule has 4 heterocycles. The van der Waals surface area contributed by atoms with Crippen LogP contribution in [-0.4, -0.2) is 46.5 Å². The monoisotopic (exact) mass is 408 g/mol. The van der Waals surface area contributed by atoms with Crippen LogP contribution < -0.4 is 5.32 Å². The van der Waals surface area contributed by atoms with Crippen LogP contribution in [0, 0.1) is 18.8 Å². The van der Waals surface area contributed by atoms with E-state index in [0.717, 1.165) is 67.5 Å². The lowest BCUT2D eigenvalue weighted by atomic mass is 9.84. The molecule has 1 aromatic carbocycles. The number of amides is 1. The molecule has 29 heavy (non-hydrogen) atoms. The first kappa shape index (κ1) is 18.8. The van der Waals surface area contributed by atoms with Gasteiger partial charge in [0.05, 0.1) is 17.6 Å². The van der Waals surface area contributed by atoms with Crippen molar-refractivity contribution in [2.24, 2.45) is 11.8 Å². The third-order valence-corrected chi connectivity index (χ3v) is 7.35. The van der Waals surface area contributed by atoms with Gasteiger partial charge in [0.25, 0.3) is 5.91 Å². The zero-order valence-electron chi connectivity index (χ0n) is 16.9. The third kappa shape index (κ3) is 3.71. The Morgan fingerprint density at radius 3 is 3.00 bits per heavy atom. The Labute approximate surface area is 175 Å². The number of aryl methyl sites for hydroxylation is 1. The van der Waals surface area contributed by atoms with Crippen LogP contribution in [0.5, 0.6) is 0 Å². The van der Waals surface area contributed by atoms with Gasteiger partial charge >= 0.3 is 0 Å². The Kier molecular flexibility index (Phi) is 5.14. The molecule has 0 bridgehead atoms. The Balaban J connectivity index is 1.36. The normalized spacial score (nSPS) is 22.4. The molecule has 0 spiro atoms. The lowest BCUT2D eigenvalue weighted by Gasteiger charge is -2.35. The van der Waals surface area contributed by atoms with E-state index < -0.39 is 0 Å². The van der Waals surface area contributed by atoms with E-state index in [1.54, 1.807) is 11.3 Å². The zero-order valence-corrected chi connectivity index (χ0v) is 17.8. The van der Waals surface area contributed by atoms with Gasteiger partial charge in [0.1, 0.15) is 5.82 Å². The minimum absolute atomic E-state index is 0.160. The van der Waals surface area contributed by atoms with E-state index in [1.165, 1.54) is 18.4 Å². The summed E-state index contributed by atoms with van der Waals surface area (Å²) in [7, 11) is 0. The van der Waals surface area contributed by atoms with Crippen molar-refractivity contribution in [1.82, 2.24) is 19.8 Å². The number of nitrogens with one attached hydrogen (secondary N) is 1. The van der Waals surface area contributed by atoms with Gasteiger partial charge in [0.2, 0.25) is 0 Å². The van der Waals surface area contributed by atoms with Crippen LogP contribution in [0.3, 0.4) is 0 Å². The average Bonchev–Trinajstić information content (AvgIpc) is 3.50. The predicted octanol–water partition coefficient (Wildman–Crippen LogP) is 3.92. The van der Waals surface area contributed by atoms with E-state index in [0.29, 0.717) is 5.92 Å². The molecule has 2 aliphatic rings. The molecule has 5 nitrogen and oxygen atoms in total. The Morgan fingerprint density at radius 2 is 2.21 bits per heavy atom. The zero-order chi connectivity index (χ0) is 19.8. The molecule has 0 aliphatic carbocycles. The summed E-state index contributed by atoms with van der Waals surface area (Å²) in [5, 5.41) is 7.76. The van der Waals surface area contributed by atoms with Crippen molar-refractivity contribution in [2.45, 2.75) is 32.7 Å². The molecule has 2 fully saturated rings. The topological polar surface area (TPSA) is 50.2 Å². The summed E-state index contributed by atoms with van der Waals surface area (Å²) < 4.78 is 2.23. The second kappa shape index (κ2) is 7.92. The standard InChI is InChI=1S/C23H28N4OS/c1-16-25-21-11-18(4-5-22(21)27(16)13-17-7-10-29-15-17)23(28)26-9-2-3-20(14-26)19-6-8-24-12-19/h4-5,7,10-11,15,19-20,24H,2-3,6,8-9,12-14H2,1H3. The number of hydrogen-bond acceptors (Lipinski definition) is 4. The smallest absolute Gasteiger partial charge is 0.253 e. The van der Waals surface area contributed by atoms with E-state index in [2.05, 4.69) is 37.7 Å². The summed E-state index contributed by atoms with van der Waals surface area (Å²) in [6.45, 7) is 6.87. The highest BCUT2D eigenvalue weighted by Crippen LogP contribution is 2.29. The molecule has 6 heteroatoms. The number of piperidine rings is 1. The number of hydrogen-bond donors (Lipinski definition) is 1. The number of likely N-dealkylation sites (tertiary alicyclic amines) is 1. The third-order valence-electron chi connectivity index (χ3n) is 6.62. The van der Waals surface area contributed by atoms with Gasteiger partial charge in [0.15, 0.2) is 0 Å². The maximum atomic E-state index is 13.2. The SMILES string of the molecule is Cc1nc2cc(C(=O)N3CCCC(C4CCNC4)C3)ccc2n1Cc1ccsc1. The first-order chi connectivity index (χ1) is 14.2. The Hall–Kier alpha value is -2.18. The number of thiophene rings is 1. The number of carbonyl (C=O) groups is 1. The van der Waals surface area contributed by atoms with Crippen molar-refractivity contribution in [3.8, 4) is 0 Å². The predicted molar refractivity (Wildman–Crippen MR) is 117 cm³/mol. The fourth-order valence-corrected chi connectivity index (χ4v) is 5.65. The molecule has 1 amide bonds. The summed E-state index contributed by atoms with van der Waals surface area (Å²) in [6, 6.07) is 8.18.